The predicted octanol–water partition coefficient (Wildman–Crippen LogP) is 15.5. The average Bonchev–Trinajstić information content (AvgIpc) is 3.63. The van der Waals surface area contributed by atoms with Gasteiger partial charge < -0.3 is 0 Å². The summed E-state index contributed by atoms with van der Waals surface area (Å²) in [4.78, 5) is 0. The fourth-order valence-electron chi connectivity index (χ4n) is 9.62. The van der Waals surface area contributed by atoms with Gasteiger partial charge in [-0.2, -0.15) is 0 Å². The predicted molar refractivity (Wildman–Crippen MR) is 248 cm³/mol. The van der Waals surface area contributed by atoms with E-state index in [1.807, 2.05) is 0 Å². The van der Waals surface area contributed by atoms with Crippen molar-refractivity contribution in [1.29, 1.82) is 0 Å². The molecule has 1 aliphatic carbocycles. The van der Waals surface area contributed by atoms with Gasteiger partial charge in [-0.25, -0.2) is 0 Å². The first kappa shape index (κ1) is 34.7. The highest BCUT2D eigenvalue weighted by Gasteiger charge is 2.47. The van der Waals surface area contributed by atoms with Crippen molar-refractivity contribution in [2.75, 3.05) is 0 Å². The van der Waals surface area contributed by atoms with Crippen LogP contribution in [0, 0.1) is 0 Å². The molecule has 0 heteroatoms. The standard InChI is InChI=1S/C59H40/c1-5-17-41(18-6-1)43-31-33-44(34-32-43)55-40-57-58(53-30-14-13-29-52(53)55)54-36-35-49(39-56(54)59(57,50-25-9-3-10-26-50)51-27-11-4-12-28-51)48-24-16-23-47(38-48)46-22-15-21-45(37-46)42-19-7-2-8-20-42/h1-40H. The monoisotopic (exact) mass is 748 g/mol. The highest BCUT2D eigenvalue weighted by atomic mass is 14.5. The summed E-state index contributed by atoms with van der Waals surface area (Å²) in [6.45, 7) is 0. The Labute approximate surface area is 346 Å². The Kier molecular flexibility index (Phi) is 8.49. The molecular formula is C59H40. The second kappa shape index (κ2) is 14.4. The third kappa shape index (κ3) is 5.84. The number of hydrogen-bond acceptors (Lipinski definition) is 0. The Morgan fingerprint density at radius 1 is 0.220 bits per heavy atom. The largest absolute Gasteiger partial charge is 0.0714 e. The van der Waals surface area contributed by atoms with Crippen LogP contribution in [0.2, 0.25) is 0 Å². The van der Waals surface area contributed by atoms with Gasteiger partial charge in [0.15, 0.2) is 0 Å². The summed E-state index contributed by atoms with van der Waals surface area (Å²) in [7, 11) is 0. The Bertz CT molecular complexity index is 3070. The lowest BCUT2D eigenvalue weighted by atomic mass is 9.67. The van der Waals surface area contributed by atoms with Crippen molar-refractivity contribution in [3.63, 3.8) is 0 Å². The fraction of sp³-hybridized carbons (Fsp3) is 0.0169. The first-order valence-electron chi connectivity index (χ1n) is 20.5. The second-order valence-corrected chi connectivity index (χ2v) is 15.6. The van der Waals surface area contributed by atoms with E-state index in [2.05, 4.69) is 243 Å². The molecule has 10 aromatic carbocycles. The van der Waals surface area contributed by atoms with Crippen LogP contribution in [0.25, 0.3) is 77.5 Å². The summed E-state index contributed by atoms with van der Waals surface area (Å²) in [5.41, 5.74) is 19.3. The maximum absolute atomic E-state index is 2.51. The van der Waals surface area contributed by atoms with Crippen molar-refractivity contribution in [2.24, 2.45) is 0 Å². The van der Waals surface area contributed by atoms with Crippen molar-refractivity contribution in [1.82, 2.24) is 0 Å². The van der Waals surface area contributed by atoms with Gasteiger partial charge in [-0.05, 0) is 124 Å². The fourth-order valence-corrected chi connectivity index (χ4v) is 9.62. The van der Waals surface area contributed by atoms with E-state index in [1.54, 1.807) is 0 Å². The molecule has 276 valence electrons. The Hall–Kier alpha value is -7.54. The summed E-state index contributed by atoms with van der Waals surface area (Å²) >= 11 is 0. The van der Waals surface area contributed by atoms with Gasteiger partial charge in [0.05, 0.1) is 5.41 Å². The Morgan fingerprint density at radius 2 is 0.610 bits per heavy atom. The molecule has 0 spiro atoms. The zero-order valence-corrected chi connectivity index (χ0v) is 32.6. The van der Waals surface area contributed by atoms with Crippen molar-refractivity contribution in [3.05, 3.63) is 265 Å². The van der Waals surface area contributed by atoms with E-state index in [0.29, 0.717) is 0 Å². The van der Waals surface area contributed by atoms with Crippen LogP contribution < -0.4 is 0 Å². The van der Waals surface area contributed by atoms with Gasteiger partial charge in [0.1, 0.15) is 0 Å². The zero-order valence-electron chi connectivity index (χ0n) is 32.6. The summed E-state index contributed by atoms with van der Waals surface area (Å²) in [6, 6.07) is 89.4. The minimum atomic E-state index is -0.562. The van der Waals surface area contributed by atoms with Crippen molar-refractivity contribution >= 4 is 10.8 Å². The van der Waals surface area contributed by atoms with Crippen LogP contribution in [0.1, 0.15) is 22.3 Å². The van der Waals surface area contributed by atoms with Gasteiger partial charge in [0, 0.05) is 0 Å². The normalized spacial score (nSPS) is 12.5. The number of fused-ring (bicyclic) bond motifs is 5. The molecule has 0 atom stereocenters. The lowest BCUT2D eigenvalue weighted by Gasteiger charge is -2.34. The van der Waals surface area contributed by atoms with Crippen LogP contribution >= 0.6 is 0 Å². The highest BCUT2D eigenvalue weighted by Crippen LogP contribution is 2.59. The third-order valence-electron chi connectivity index (χ3n) is 12.4. The molecule has 0 fully saturated rings. The Morgan fingerprint density at radius 3 is 1.17 bits per heavy atom. The molecule has 59 heavy (non-hydrogen) atoms. The molecule has 0 saturated heterocycles. The lowest BCUT2D eigenvalue weighted by molar-refractivity contribution is 0.769. The van der Waals surface area contributed by atoms with E-state index in [-0.39, 0.29) is 0 Å². The summed E-state index contributed by atoms with van der Waals surface area (Å²) in [6.07, 6.45) is 0. The molecule has 0 unspecified atom stereocenters. The first-order chi connectivity index (χ1) is 29.3. The SMILES string of the molecule is c1ccc(-c2ccc(-c3cc4c(c5ccccc35)-c3ccc(-c5cccc(-c6cccc(-c7ccccc7)c6)c5)cc3C4(c3ccccc3)c3ccccc3)cc2)cc1. The van der Waals surface area contributed by atoms with E-state index < -0.39 is 5.41 Å². The lowest BCUT2D eigenvalue weighted by Crippen LogP contribution is -2.28. The summed E-state index contributed by atoms with van der Waals surface area (Å²) < 4.78 is 0. The molecule has 0 radical (unpaired) electrons. The molecule has 0 aliphatic heterocycles. The van der Waals surface area contributed by atoms with Gasteiger partial charge in [0.25, 0.3) is 0 Å². The number of benzene rings is 10. The van der Waals surface area contributed by atoms with E-state index >= 15 is 0 Å². The average molecular weight is 749 g/mol. The molecule has 0 aromatic heterocycles. The molecule has 0 N–H and O–H groups in total. The molecule has 0 nitrogen and oxygen atoms in total. The molecule has 0 amide bonds. The molecule has 11 rings (SSSR count). The van der Waals surface area contributed by atoms with Crippen LogP contribution in [0.3, 0.4) is 0 Å². The van der Waals surface area contributed by atoms with E-state index in [0.717, 1.165) is 0 Å². The van der Waals surface area contributed by atoms with E-state index in [4.69, 9.17) is 0 Å². The van der Waals surface area contributed by atoms with Crippen LogP contribution in [0.15, 0.2) is 243 Å². The number of hydrogen-bond donors (Lipinski definition) is 0. The maximum Gasteiger partial charge on any atom is 0.0714 e. The summed E-state index contributed by atoms with van der Waals surface area (Å²) in [5.74, 6) is 0. The smallest absolute Gasteiger partial charge is 0.0622 e. The van der Waals surface area contributed by atoms with Gasteiger partial charge in [-0.15, -0.1) is 0 Å². The highest BCUT2D eigenvalue weighted by molar-refractivity contribution is 6.10. The second-order valence-electron chi connectivity index (χ2n) is 15.6. The molecule has 0 bridgehead atoms. The van der Waals surface area contributed by atoms with Gasteiger partial charge in [0.2, 0.25) is 0 Å². The van der Waals surface area contributed by atoms with Crippen molar-refractivity contribution < 1.29 is 0 Å². The zero-order chi connectivity index (χ0) is 39.2. The van der Waals surface area contributed by atoms with Crippen LogP contribution in [0.4, 0.5) is 0 Å². The number of rotatable bonds is 7. The third-order valence-corrected chi connectivity index (χ3v) is 12.4. The molecule has 10 aromatic rings. The van der Waals surface area contributed by atoms with E-state index in [1.165, 1.54) is 99.8 Å². The molecule has 0 saturated carbocycles. The van der Waals surface area contributed by atoms with Gasteiger partial charge >= 0.3 is 0 Å². The molecular weight excluding hydrogens is 709 g/mol. The van der Waals surface area contributed by atoms with Gasteiger partial charge in [-0.3, -0.25) is 0 Å². The molecule has 1 aliphatic rings. The van der Waals surface area contributed by atoms with E-state index in [9.17, 15) is 0 Å². The van der Waals surface area contributed by atoms with Crippen LogP contribution in [0.5, 0.6) is 0 Å². The van der Waals surface area contributed by atoms with Crippen LogP contribution in [-0.2, 0) is 5.41 Å². The first-order valence-corrected chi connectivity index (χ1v) is 20.5. The topological polar surface area (TPSA) is 0 Å². The maximum atomic E-state index is 2.51. The van der Waals surface area contributed by atoms with Crippen molar-refractivity contribution in [3.8, 4) is 66.8 Å². The quantitative estimate of drug-likeness (QED) is 0.152. The Balaban J connectivity index is 1.13. The van der Waals surface area contributed by atoms with Crippen LogP contribution in [-0.4, -0.2) is 0 Å². The summed E-state index contributed by atoms with van der Waals surface area (Å²) in [5, 5.41) is 2.53. The minimum absolute atomic E-state index is 0.562. The molecule has 0 heterocycles. The van der Waals surface area contributed by atoms with Gasteiger partial charge in [-0.1, -0.05) is 218 Å². The van der Waals surface area contributed by atoms with Crippen molar-refractivity contribution in [2.45, 2.75) is 5.41 Å². The minimum Gasteiger partial charge on any atom is -0.0622 e.